The van der Waals surface area contributed by atoms with Gasteiger partial charge in [-0.25, -0.2) is 22.0 Å². The fourth-order valence-electron chi connectivity index (χ4n) is 1.21. The molecule has 0 fully saturated rings. The Bertz CT molecular complexity index is 578. The molecule has 0 unspecified atom stereocenters. The number of alkyl halides is 2. The van der Waals surface area contributed by atoms with Crippen LogP contribution in [0.1, 0.15) is 0 Å². The van der Waals surface area contributed by atoms with Gasteiger partial charge in [-0.1, -0.05) is 11.6 Å². The van der Waals surface area contributed by atoms with E-state index in [-0.39, 0.29) is 15.6 Å². The third-order valence-electron chi connectivity index (χ3n) is 2.01. The number of rotatable bonds is 4. The summed E-state index contributed by atoms with van der Waals surface area (Å²) in [5, 5.41) is 4.17. The lowest BCUT2D eigenvalue weighted by Crippen LogP contribution is -2.32. The molecular weight excluding hydrogens is 302 g/mol. The van der Waals surface area contributed by atoms with E-state index in [1.165, 1.54) is 12.1 Å². The molecule has 2 N–H and O–H groups in total. The Morgan fingerprint density at radius 3 is 2.58 bits per heavy atom. The summed E-state index contributed by atoms with van der Waals surface area (Å²) >= 11 is 5.71. The van der Waals surface area contributed by atoms with Gasteiger partial charge in [-0.05, 0) is 18.2 Å². The zero-order chi connectivity index (χ0) is 14.6. The van der Waals surface area contributed by atoms with E-state index in [9.17, 15) is 22.0 Å². The molecule has 1 aromatic rings. The van der Waals surface area contributed by atoms with E-state index in [1.807, 2.05) is 5.32 Å². The van der Waals surface area contributed by atoms with E-state index in [2.05, 4.69) is 5.32 Å². The summed E-state index contributed by atoms with van der Waals surface area (Å²) in [6.07, 6.45) is -1.70. The second kappa shape index (κ2) is 6.16. The molecule has 9 heteroatoms. The molecule has 0 bridgehead atoms. The number of benzene rings is 1. The number of halogens is 3. The monoisotopic (exact) mass is 312 g/mol. The topological polar surface area (TPSA) is 75.3 Å². The maximum absolute atomic E-state index is 11.9. The van der Waals surface area contributed by atoms with Gasteiger partial charge in [0.15, 0.2) is 9.84 Å². The number of carbonyl (C=O) groups is 1. The summed E-state index contributed by atoms with van der Waals surface area (Å²) in [5.74, 6) is 0. The van der Waals surface area contributed by atoms with Crippen LogP contribution in [0.4, 0.5) is 19.3 Å². The number of amides is 2. The Morgan fingerprint density at radius 1 is 1.42 bits per heavy atom. The van der Waals surface area contributed by atoms with E-state index < -0.39 is 28.8 Å². The summed E-state index contributed by atoms with van der Waals surface area (Å²) in [6.45, 7) is -0.793. The molecule has 0 aromatic heterocycles. The maximum Gasteiger partial charge on any atom is 0.319 e. The van der Waals surface area contributed by atoms with E-state index >= 15 is 0 Å². The number of urea groups is 1. The van der Waals surface area contributed by atoms with Crippen LogP contribution in [0.2, 0.25) is 5.02 Å². The van der Waals surface area contributed by atoms with Crippen LogP contribution in [-0.2, 0) is 9.84 Å². The molecule has 0 atom stereocenters. The Labute approximate surface area is 113 Å². The summed E-state index contributed by atoms with van der Waals surface area (Å²) < 4.78 is 46.5. The predicted octanol–water partition coefficient (Wildman–Crippen LogP) is 2.13. The van der Waals surface area contributed by atoms with Gasteiger partial charge < -0.3 is 10.6 Å². The highest BCUT2D eigenvalue weighted by Crippen LogP contribution is 2.24. The van der Waals surface area contributed by atoms with E-state index in [1.54, 1.807) is 0 Å². The van der Waals surface area contributed by atoms with Gasteiger partial charge in [0.1, 0.15) is 0 Å². The molecular formula is C10H11ClF2N2O3S. The molecule has 0 aliphatic rings. The molecule has 106 valence electrons. The molecule has 19 heavy (non-hydrogen) atoms. The molecule has 1 rings (SSSR count). The maximum atomic E-state index is 11.9. The molecule has 0 saturated heterocycles. The minimum absolute atomic E-state index is 0.0149. The number of hydrogen-bond donors (Lipinski definition) is 2. The average Bonchev–Trinajstić information content (AvgIpc) is 2.27. The third kappa shape index (κ3) is 4.99. The zero-order valence-electron chi connectivity index (χ0n) is 9.78. The van der Waals surface area contributed by atoms with Crippen LogP contribution in [0.25, 0.3) is 0 Å². The number of sulfone groups is 1. The van der Waals surface area contributed by atoms with Crippen molar-refractivity contribution < 1.29 is 22.0 Å². The molecule has 0 aliphatic heterocycles. The molecule has 0 spiro atoms. The van der Waals surface area contributed by atoms with Gasteiger partial charge in [-0.2, -0.15) is 0 Å². The lowest BCUT2D eigenvalue weighted by atomic mass is 10.3. The van der Waals surface area contributed by atoms with Crippen LogP contribution in [0.15, 0.2) is 23.1 Å². The van der Waals surface area contributed by atoms with Crippen LogP contribution >= 0.6 is 11.6 Å². The number of carbonyl (C=O) groups excluding carboxylic acids is 1. The van der Waals surface area contributed by atoms with Crippen molar-refractivity contribution in [1.82, 2.24) is 5.32 Å². The Hall–Kier alpha value is -1.41. The molecule has 1 aromatic carbocycles. The first kappa shape index (κ1) is 15.6. The standard InChI is InChI=1S/C10H11ClF2N2O3S/c1-19(17,18)8-4-6(2-3-7(8)11)15-10(16)14-5-9(12)13/h2-4,9H,5H2,1H3,(H2,14,15,16). The average molecular weight is 313 g/mol. The van der Waals surface area contributed by atoms with Crippen molar-refractivity contribution in [3.05, 3.63) is 23.2 Å². The lowest BCUT2D eigenvalue weighted by Gasteiger charge is -2.09. The predicted molar refractivity (Wildman–Crippen MR) is 67.6 cm³/mol. The number of nitrogens with one attached hydrogen (secondary N) is 2. The van der Waals surface area contributed by atoms with E-state index in [0.29, 0.717) is 0 Å². The first-order chi connectivity index (χ1) is 8.70. The Morgan fingerprint density at radius 2 is 2.05 bits per heavy atom. The van der Waals surface area contributed by atoms with Crippen molar-refractivity contribution in [2.24, 2.45) is 0 Å². The Kier molecular flexibility index (Phi) is 5.07. The van der Waals surface area contributed by atoms with Gasteiger partial charge in [-0.15, -0.1) is 0 Å². The highest BCUT2D eigenvalue weighted by Gasteiger charge is 2.14. The van der Waals surface area contributed by atoms with Crippen LogP contribution in [0.5, 0.6) is 0 Å². The van der Waals surface area contributed by atoms with Crippen LogP contribution in [-0.4, -0.2) is 33.7 Å². The second-order valence-electron chi connectivity index (χ2n) is 3.64. The van der Waals surface area contributed by atoms with Gasteiger partial charge >= 0.3 is 6.03 Å². The zero-order valence-corrected chi connectivity index (χ0v) is 11.4. The largest absolute Gasteiger partial charge is 0.332 e. The number of hydrogen-bond acceptors (Lipinski definition) is 3. The summed E-state index contributed by atoms with van der Waals surface area (Å²) in [7, 11) is -3.54. The smallest absolute Gasteiger partial charge is 0.319 e. The SMILES string of the molecule is CS(=O)(=O)c1cc(NC(=O)NCC(F)F)ccc1Cl. The van der Waals surface area contributed by atoms with Gasteiger partial charge in [0.05, 0.1) is 16.5 Å². The summed E-state index contributed by atoms with van der Waals surface area (Å²) in [4.78, 5) is 11.1. The number of anilines is 1. The van der Waals surface area contributed by atoms with Crippen molar-refractivity contribution >= 4 is 33.2 Å². The van der Waals surface area contributed by atoms with E-state index in [0.717, 1.165) is 12.3 Å². The quantitative estimate of drug-likeness (QED) is 0.894. The first-order valence-electron chi connectivity index (χ1n) is 5.03. The first-order valence-corrected chi connectivity index (χ1v) is 7.29. The second-order valence-corrected chi connectivity index (χ2v) is 6.03. The van der Waals surface area contributed by atoms with Gasteiger partial charge in [0.25, 0.3) is 6.43 Å². The normalized spacial score (nSPS) is 11.4. The lowest BCUT2D eigenvalue weighted by molar-refractivity contribution is 0.148. The minimum Gasteiger partial charge on any atom is -0.332 e. The minimum atomic E-state index is -3.54. The highest BCUT2D eigenvalue weighted by atomic mass is 35.5. The van der Waals surface area contributed by atoms with Crippen molar-refractivity contribution in [2.75, 3.05) is 18.1 Å². The van der Waals surface area contributed by atoms with Crippen LogP contribution in [0.3, 0.4) is 0 Å². The molecule has 2 amide bonds. The van der Waals surface area contributed by atoms with Gasteiger partial charge in [-0.3, -0.25) is 0 Å². The van der Waals surface area contributed by atoms with Crippen molar-refractivity contribution in [1.29, 1.82) is 0 Å². The summed E-state index contributed by atoms with van der Waals surface area (Å²) in [5.41, 5.74) is 0.136. The molecule has 0 heterocycles. The molecule has 0 radical (unpaired) electrons. The fourth-order valence-corrected chi connectivity index (χ4v) is 2.51. The van der Waals surface area contributed by atoms with Gasteiger partial charge in [0.2, 0.25) is 0 Å². The summed E-state index contributed by atoms with van der Waals surface area (Å²) in [6, 6.07) is 2.95. The fraction of sp³-hybridized carbons (Fsp3) is 0.300. The van der Waals surface area contributed by atoms with Gasteiger partial charge in [0, 0.05) is 11.9 Å². The van der Waals surface area contributed by atoms with Crippen LogP contribution < -0.4 is 10.6 Å². The molecule has 0 saturated carbocycles. The molecule has 0 aliphatic carbocycles. The van der Waals surface area contributed by atoms with E-state index in [4.69, 9.17) is 11.6 Å². The molecule has 5 nitrogen and oxygen atoms in total. The van der Waals surface area contributed by atoms with Crippen LogP contribution in [0, 0.1) is 0 Å². The van der Waals surface area contributed by atoms with Crippen molar-refractivity contribution in [2.45, 2.75) is 11.3 Å². The van der Waals surface area contributed by atoms with Crippen molar-refractivity contribution in [3.63, 3.8) is 0 Å². The highest BCUT2D eigenvalue weighted by molar-refractivity contribution is 7.90. The Balaban J connectivity index is 2.84. The third-order valence-corrected chi connectivity index (χ3v) is 3.58. The van der Waals surface area contributed by atoms with Crippen molar-refractivity contribution in [3.8, 4) is 0 Å².